The highest BCUT2D eigenvalue weighted by atomic mass is 32.2. The van der Waals surface area contributed by atoms with Gasteiger partial charge in [0.15, 0.2) is 5.69 Å². The summed E-state index contributed by atoms with van der Waals surface area (Å²) in [6.45, 7) is 3.94. The molecule has 1 N–H and O–H groups in total. The second-order valence-corrected chi connectivity index (χ2v) is 8.87. The van der Waals surface area contributed by atoms with Crippen LogP contribution in [-0.2, 0) is 10.0 Å². The van der Waals surface area contributed by atoms with Crippen molar-refractivity contribution in [2.24, 2.45) is 0 Å². The third-order valence-electron chi connectivity index (χ3n) is 4.38. The summed E-state index contributed by atoms with van der Waals surface area (Å²) in [6, 6.07) is 15.7. The van der Waals surface area contributed by atoms with Crippen LogP contribution in [0, 0.1) is 6.92 Å². The molecule has 0 aliphatic rings. The van der Waals surface area contributed by atoms with Crippen LogP contribution < -0.4 is 10.1 Å². The second-order valence-electron chi connectivity index (χ2n) is 6.75. The Balaban J connectivity index is 1.91. The van der Waals surface area contributed by atoms with Crippen molar-refractivity contribution >= 4 is 21.6 Å². The van der Waals surface area contributed by atoms with Crippen molar-refractivity contribution in [3.8, 4) is 11.4 Å². The van der Waals surface area contributed by atoms with Crippen LogP contribution in [0.3, 0.4) is 0 Å². The van der Waals surface area contributed by atoms with Crippen molar-refractivity contribution in [2.75, 3.05) is 26.0 Å². The van der Waals surface area contributed by atoms with E-state index in [1.165, 1.54) is 26.2 Å². The lowest BCUT2D eigenvalue weighted by atomic mass is 10.2. The van der Waals surface area contributed by atoms with Gasteiger partial charge in [-0.3, -0.25) is 4.79 Å². The molecule has 8 nitrogen and oxygen atoms in total. The molecule has 0 saturated carbocycles. The first kappa shape index (κ1) is 21.5. The molecule has 0 aliphatic heterocycles. The number of benzene rings is 2. The Morgan fingerprint density at radius 1 is 1.13 bits per heavy atom. The van der Waals surface area contributed by atoms with Crippen LogP contribution in [0.5, 0.6) is 5.75 Å². The fraction of sp³-hybridized carbons (Fsp3) is 0.238. The number of nitrogens with one attached hydrogen (secondary N) is 1. The Hall–Kier alpha value is -3.17. The molecule has 0 atom stereocenters. The summed E-state index contributed by atoms with van der Waals surface area (Å²) in [5.41, 5.74) is 2.20. The highest BCUT2D eigenvalue weighted by Crippen LogP contribution is 2.29. The molecular formula is C21H24N4O4S. The van der Waals surface area contributed by atoms with Gasteiger partial charge in [-0.05, 0) is 50.2 Å². The van der Waals surface area contributed by atoms with Crippen LogP contribution in [0.2, 0.25) is 0 Å². The standard InChI is InChI=1S/C21H24N4O4S/c1-5-29-19-12-11-16(14-20(19)30(27,28)24(3)4)22-21(26)18-13-15(2)25(23-18)17-9-7-6-8-10-17/h6-14H,5H2,1-4H3,(H,22,26). The van der Waals surface area contributed by atoms with Crippen molar-refractivity contribution in [1.29, 1.82) is 0 Å². The maximum Gasteiger partial charge on any atom is 0.276 e. The third kappa shape index (κ3) is 4.37. The summed E-state index contributed by atoms with van der Waals surface area (Å²) in [7, 11) is -0.874. The SMILES string of the molecule is CCOc1ccc(NC(=O)c2cc(C)n(-c3ccccc3)n2)cc1S(=O)(=O)N(C)C. The summed E-state index contributed by atoms with van der Waals surface area (Å²) >= 11 is 0. The molecule has 0 bridgehead atoms. The number of aryl methyl sites for hydroxylation is 1. The molecule has 3 aromatic rings. The molecule has 0 fully saturated rings. The van der Waals surface area contributed by atoms with Gasteiger partial charge in [0.2, 0.25) is 10.0 Å². The summed E-state index contributed by atoms with van der Waals surface area (Å²) in [5, 5.41) is 7.09. The van der Waals surface area contributed by atoms with E-state index in [2.05, 4.69) is 10.4 Å². The molecule has 1 amide bonds. The van der Waals surface area contributed by atoms with Crippen molar-refractivity contribution < 1.29 is 17.9 Å². The van der Waals surface area contributed by atoms with Crippen molar-refractivity contribution in [1.82, 2.24) is 14.1 Å². The molecule has 2 aromatic carbocycles. The smallest absolute Gasteiger partial charge is 0.276 e. The molecule has 0 radical (unpaired) electrons. The minimum atomic E-state index is -3.75. The van der Waals surface area contributed by atoms with E-state index in [1.54, 1.807) is 23.7 Å². The van der Waals surface area contributed by atoms with Gasteiger partial charge in [0.1, 0.15) is 10.6 Å². The molecule has 30 heavy (non-hydrogen) atoms. The van der Waals surface area contributed by atoms with E-state index < -0.39 is 15.9 Å². The van der Waals surface area contributed by atoms with Gasteiger partial charge in [0.05, 0.1) is 12.3 Å². The summed E-state index contributed by atoms with van der Waals surface area (Å²) in [6.07, 6.45) is 0. The minimum absolute atomic E-state index is 0.0156. The average molecular weight is 429 g/mol. The molecule has 0 spiro atoms. The normalized spacial score (nSPS) is 11.5. The van der Waals surface area contributed by atoms with Gasteiger partial charge >= 0.3 is 0 Å². The summed E-state index contributed by atoms with van der Waals surface area (Å²) in [4.78, 5) is 12.7. The molecule has 0 aliphatic carbocycles. The van der Waals surface area contributed by atoms with E-state index >= 15 is 0 Å². The fourth-order valence-corrected chi connectivity index (χ4v) is 3.92. The average Bonchev–Trinajstić information content (AvgIpc) is 3.11. The molecule has 0 unspecified atom stereocenters. The van der Waals surface area contributed by atoms with Gasteiger partial charge in [-0.1, -0.05) is 18.2 Å². The number of amides is 1. The number of hydrogen-bond donors (Lipinski definition) is 1. The number of anilines is 1. The predicted octanol–water partition coefficient (Wildman–Crippen LogP) is 3.08. The molecule has 1 heterocycles. The Morgan fingerprint density at radius 2 is 1.83 bits per heavy atom. The summed E-state index contributed by atoms with van der Waals surface area (Å²) in [5.74, 6) is -0.210. The Labute approximate surface area is 176 Å². The van der Waals surface area contributed by atoms with Crippen LogP contribution in [0.25, 0.3) is 5.69 Å². The molecule has 3 rings (SSSR count). The van der Waals surface area contributed by atoms with Gasteiger partial charge in [0.25, 0.3) is 5.91 Å². The van der Waals surface area contributed by atoms with Gasteiger partial charge < -0.3 is 10.1 Å². The molecule has 0 saturated heterocycles. The number of hydrogen-bond acceptors (Lipinski definition) is 5. The van der Waals surface area contributed by atoms with Gasteiger partial charge in [-0.15, -0.1) is 0 Å². The molecule has 9 heteroatoms. The maximum atomic E-state index is 12.7. The van der Waals surface area contributed by atoms with E-state index in [-0.39, 0.29) is 16.3 Å². The predicted molar refractivity (Wildman–Crippen MR) is 115 cm³/mol. The molecule has 158 valence electrons. The number of nitrogens with zero attached hydrogens (tertiary/aromatic N) is 3. The lowest BCUT2D eigenvalue weighted by molar-refractivity contribution is 0.102. The highest BCUT2D eigenvalue weighted by molar-refractivity contribution is 7.89. The van der Waals surface area contributed by atoms with E-state index in [4.69, 9.17) is 4.74 Å². The van der Waals surface area contributed by atoms with E-state index in [1.807, 2.05) is 37.3 Å². The largest absolute Gasteiger partial charge is 0.492 e. The zero-order chi connectivity index (χ0) is 21.9. The van der Waals surface area contributed by atoms with Gasteiger partial charge in [-0.2, -0.15) is 5.10 Å². The number of aromatic nitrogens is 2. The fourth-order valence-electron chi connectivity index (χ4n) is 2.87. The number of ether oxygens (including phenoxy) is 1. The number of sulfonamides is 1. The first-order chi connectivity index (χ1) is 14.2. The monoisotopic (exact) mass is 428 g/mol. The van der Waals surface area contributed by atoms with Gasteiger partial charge in [-0.25, -0.2) is 17.4 Å². The van der Waals surface area contributed by atoms with Crippen LogP contribution in [0.15, 0.2) is 59.5 Å². The first-order valence-corrected chi connectivity index (χ1v) is 10.8. The van der Waals surface area contributed by atoms with Crippen molar-refractivity contribution in [3.05, 3.63) is 66.0 Å². The number of rotatable bonds is 7. The highest BCUT2D eigenvalue weighted by Gasteiger charge is 2.23. The number of para-hydroxylation sites is 1. The van der Waals surface area contributed by atoms with Crippen LogP contribution in [0.1, 0.15) is 23.1 Å². The number of carbonyl (C=O) groups excluding carboxylic acids is 1. The Morgan fingerprint density at radius 3 is 2.47 bits per heavy atom. The lowest BCUT2D eigenvalue weighted by Crippen LogP contribution is -2.23. The molecule has 1 aromatic heterocycles. The Kier molecular flexibility index (Phi) is 6.23. The number of carbonyl (C=O) groups is 1. The minimum Gasteiger partial charge on any atom is -0.492 e. The molecular weight excluding hydrogens is 404 g/mol. The van der Waals surface area contributed by atoms with Crippen molar-refractivity contribution in [3.63, 3.8) is 0 Å². The van der Waals surface area contributed by atoms with Gasteiger partial charge in [0, 0.05) is 25.5 Å². The Bertz CT molecular complexity index is 1160. The first-order valence-electron chi connectivity index (χ1n) is 9.37. The zero-order valence-electron chi connectivity index (χ0n) is 17.3. The lowest BCUT2D eigenvalue weighted by Gasteiger charge is -2.16. The second kappa shape index (κ2) is 8.68. The van der Waals surface area contributed by atoms with E-state index in [9.17, 15) is 13.2 Å². The van der Waals surface area contributed by atoms with Crippen LogP contribution >= 0.6 is 0 Å². The van der Waals surface area contributed by atoms with E-state index in [0.717, 1.165) is 15.7 Å². The van der Waals surface area contributed by atoms with Crippen molar-refractivity contribution in [2.45, 2.75) is 18.7 Å². The topological polar surface area (TPSA) is 93.5 Å². The van der Waals surface area contributed by atoms with Crippen LogP contribution in [0.4, 0.5) is 5.69 Å². The zero-order valence-corrected chi connectivity index (χ0v) is 18.1. The quantitative estimate of drug-likeness (QED) is 0.624. The summed E-state index contributed by atoms with van der Waals surface area (Å²) < 4.78 is 33.5. The maximum absolute atomic E-state index is 12.7. The third-order valence-corrected chi connectivity index (χ3v) is 6.22. The van der Waals surface area contributed by atoms with E-state index in [0.29, 0.717) is 12.3 Å². The van der Waals surface area contributed by atoms with Crippen LogP contribution in [-0.4, -0.2) is 49.1 Å².